The van der Waals surface area contributed by atoms with Gasteiger partial charge in [0.2, 0.25) is 0 Å². The van der Waals surface area contributed by atoms with Crippen LogP contribution in [0.1, 0.15) is 102 Å². The maximum atomic E-state index is 9.71. The first-order valence-corrected chi connectivity index (χ1v) is 10.4. The van der Waals surface area contributed by atoms with E-state index in [9.17, 15) is 10.2 Å². The second-order valence-electron chi connectivity index (χ2n) is 7.15. The van der Waals surface area contributed by atoms with Crippen LogP contribution in [0.25, 0.3) is 6.08 Å². The fourth-order valence-electron chi connectivity index (χ4n) is 3.17. The molecule has 1 rings (SSSR count). The van der Waals surface area contributed by atoms with Crippen molar-refractivity contribution in [1.82, 2.24) is 0 Å². The summed E-state index contributed by atoms with van der Waals surface area (Å²) in [5, 5.41) is 19.2. The lowest BCUT2D eigenvalue weighted by Gasteiger charge is -2.03. The van der Waals surface area contributed by atoms with Crippen LogP contribution in [-0.4, -0.2) is 10.2 Å². The van der Waals surface area contributed by atoms with Gasteiger partial charge in [0.1, 0.15) is 0 Å². The number of phenolic OH excluding ortho intramolecular Hbond substituents is 2. The van der Waals surface area contributed by atoms with E-state index in [1.54, 1.807) is 6.07 Å². The summed E-state index contributed by atoms with van der Waals surface area (Å²) in [6.45, 7) is 2.27. The van der Waals surface area contributed by atoms with Crippen molar-refractivity contribution in [3.63, 3.8) is 0 Å². The number of benzene rings is 1. The van der Waals surface area contributed by atoms with Crippen LogP contribution in [0, 0.1) is 0 Å². The number of phenols is 2. The summed E-state index contributed by atoms with van der Waals surface area (Å²) in [6.07, 6.45) is 22.9. The highest BCUT2D eigenvalue weighted by Gasteiger charge is 2.01. The van der Waals surface area contributed by atoms with Crippen LogP contribution >= 0.6 is 0 Å². The van der Waals surface area contributed by atoms with Gasteiger partial charge in [-0.05, 0) is 18.9 Å². The average molecular weight is 347 g/mol. The molecule has 1 aromatic rings. The molecule has 1 aromatic carbocycles. The molecule has 0 amide bonds. The van der Waals surface area contributed by atoms with Gasteiger partial charge in [-0.15, -0.1) is 0 Å². The molecule has 0 aliphatic carbocycles. The lowest BCUT2D eigenvalue weighted by molar-refractivity contribution is 0.403. The summed E-state index contributed by atoms with van der Waals surface area (Å²) in [5.74, 6) is -0.0766. The van der Waals surface area contributed by atoms with Gasteiger partial charge in [0.15, 0.2) is 11.5 Å². The fourth-order valence-corrected chi connectivity index (χ4v) is 3.17. The highest BCUT2D eigenvalue weighted by atomic mass is 16.3. The molecule has 2 nitrogen and oxygen atoms in total. The van der Waals surface area contributed by atoms with E-state index in [4.69, 9.17) is 0 Å². The minimum atomic E-state index is -0.0527. The molecule has 142 valence electrons. The minimum Gasteiger partial charge on any atom is -0.504 e. The van der Waals surface area contributed by atoms with Crippen LogP contribution in [0.15, 0.2) is 24.3 Å². The highest BCUT2D eigenvalue weighted by Crippen LogP contribution is 2.29. The SMILES string of the molecule is CCCCCCCCCCCCCCC/C=C/c1cccc(O)c1O. The molecule has 2 N–H and O–H groups in total. The smallest absolute Gasteiger partial charge is 0.164 e. The van der Waals surface area contributed by atoms with Crippen LogP contribution in [0.4, 0.5) is 0 Å². The van der Waals surface area contributed by atoms with Crippen LogP contribution in [0.5, 0.6) is 11.5 Å². The Morgan fingerprint density at radius 1 is 0.720 bits per heavy atom. The summed E-state index contributed by atoms with van der Waals surface area (Å²) in [4.78, 5) is 0. The van der Waals surface area contributed by atoms with Crippen molar-refractivity contribution in [2.24, 2.45) is 0 Å². The molecular formula is C23H38O2. The van der Waals surface area contributed by atoms with Gasteiger partial charge in [0.25, 0.3) is 0 Å². The Kier molecular flexibility index (Phi) is 12.8. The first kappa shape index (κ1) is 21.6. The molecule has 25 heavy (non-hydrogen) atoms. The van der Waals surface area contributed by atoms with Gasteiger partial charge in [0.05, 0.1) is 0 Å². The fraction of sp³-hybridized carbons (Fsp3) is 0.652. The maximum Gasteiger partial charge on any atom is 0.164 e. The Hall–Kier alpha value is -1.44. The molecule has 0 aromatic heterocycles. The van der Waals surface area contributed by atoms with Crippen LogP contribution in [0.3, 0.4) is 0 Å². The quantitative estimate of drug-likeness (QED) is 0.253. The Morgan fingerprint density at radius 3 is 1.80 bits per heavy atom. The van der Waals surface area contributed by atoms with Gasteiger partial charge >= 0.3 is 0 Å². The molecule has 0 aliphatic heterocycles. The Labute approximate surface area is 155 Å². The summed E-state index contributed by atoms with van der Waals surface area (Å²) >= 11 is 0. The van der Waals surface area contributed by atoms with E-state index in [2.05, 4.69) is 13.0 Å². The average Bonchev–Trinajstić information content (AvgIpc) is 2.61. The number of para-hydroxylation sites is 1. The molecule has 0 radical (unpaired) electrons. The zero-order valence-electron chi connectivity index (χ0n) is 16.2. The van der Waals surface area contributed by atoms with E-state index in [-0.39, 0.29) is 11.5 Å². The maximum absolute atomic E-state index is 9.71. The standard InChI is InChI=1S/C23H38O2/c1-2-3-4-5-6-7-8-9-10-11-12-13-14-15-16-18-21-19-17-20-22(24)23(21)25/h16-20,24-25H,2-15H2,1H3/b18-16+. The van der Waals surface area contributed by atoms with Crippen LogP contribution in [0.2, 0.25) is 0 Å². The third-order valence-corrected chi connectivity index (χ3v) is 4.82. The molecule has 0 fully saturated rings. The normalized spacial score (nSPS) is 11.4. The Balaban J connectivity index is 1.89. The zero-order valence-corrected chi connectivity index (χ0v) is 16.2. The number of aromatic hydroxyl groups is 2. The number of hydrogen-bond acceptors (Lipinski definition) is 2. The Bertz CT molecular complexity index is 465. The summed E-state index contributed by atoms with van der Waals surface area (Å²) < 4.78 is 0. The van der Waals surface area contributed by atoms with Crippen LogP contribution in [-0.2, 0) is 0 Å². The van der Waals surface area contributed by atoms with Crippen molar-refractivity contribution in [1.29, 1.82) is 0 Å². The van der Waals surface area contributed by atoms with Crippen molar-refractivity contribution in [3.05, 3.63) is 29.8 Å². The summed E-state index contributed by atoms with van der Waals surface area (Å²) in [6, 6.07) is 5.06. The van der Waals surface area contributed by atoms with Crippen molar-refractivity contribution in [3.8, 4) is 11.5 Å². The van der Waals surface area contributed by atoms with Gasteiger partial charge in [-0.25, -0.2) is 0 Å². The molecule has 0 aliphatic rings. The van der Waals surface area contributed by atoms with Gasteiger partial charge in [0, 0.05) is 5.56 Å². The molecule has 2 heteroatoms. The second-order valence-corrected chi connectivity index (χ2v) is 7.15. The number of unbranched alkanes of at least 4 members (excludes halogenated alkanes) is 13. The molecular weight excluding hydrogens is 308 g/mol. The van der Waals surface area contributed by atoms with Crippen molar-refractivity contribution in [2.45, 2.75) is 96.8 Å². The van der Waals surface area contributed by atoms with E-state index in [0.717, 1.165) is 6.42 Å². The van der Waals surface area contributed by atoms with E-state index in [0.29, 0.717) is 5.56 Å². The molecule has 0 spiro atoms. The molecule has 0 atom stereocenters. The first-order valence-electron chi connectivity index (χ1n) is 10.4. The number of allylic oxidation sites excluding steroid dienone is 1. The summed E-state index contributed by atoms with van der Waals surface area (Å²) in [7, 11) is 0. The lowest BCUT2D eigenvalue weighted by atomic mass is 10.0. The van der Waals surface area contributed by atoms with E-state index < -0.39 is 0 Å². The minimum absolute atomic E-state index is 0.0240. The lowest BCUT2D eigenvalue weighted by Crippen LogP contribution is -1.82. The van der Waals surface area contributed by atoms with Crippen LogP contribution < -0.4 is 0 Å². The van der Waals surface area contributed by atoms with E-state index >= 15 is 0 Å². The molecule has 0 saturated carbocycles. The predicted octanol–water partition coefficient (Wildman–Crippen LogP) is 7.59. The van der Waals surface area contributed by atoms with E-state index in [1.807, 2.05) is 12.1 Å². The number of hydrogen-bond donors (Lipinski definition) is 2. The molecule has 0 saturated heterocycles. The monoisotopic (exact) mass is 346 g/mol. The second kappa shape index (κ2) is 14.9. The third-order valence-electron chi connectivity index (χ3n) is 4.82. The van der Waals surface area contributed by atoms with Crippen molar-refractivity contribution >= 4 is 6.08 Å². The zero-order chi connectivity index (χ0) is 18.2. The van der Waals surface area contributed by atoms with Gasteiger partial charge in [-0.3, -0.25) is 0 Å². The highest BCUT2D eigenvalue weighted by molar-refractivity contribution is 5.61. The number of rotatable bonds is 15. The topological polar surface area (TPSA) is 40.5 Å². The molecule has 0 bridgehead atoms. The van der Waals surface area contributed by atoms with Gasteiger partial charge in [-0.1, -0.05) is 108 Å². The summed E-state index contributed by atoms with van der Waals surface area (Å²) in [5.41, 5.74) is 0.690. The van der Waals surface area contributed by atoms with Gasteiger partial charge < -0.3 is 10.2 Å². The Morgan fingerprint density at radius 2 is 1.24 bits per heavy atom. The van der Waals surface area contributed by atoms with Gasteiger partial charge in [-0.2, -0.15) is 0 Å². The predicted molar refractivity (Wildman–Crippen MR) is 109 cm³/mol. The first-order chi connectivity index (χ1) is 12.3. The largest absolute Gasteiger partial charge is 0.504 e. The third kappa shape index (κ3) is 10.9. The van der Waals surface area contributed by atoms with Crippen molar-refractivity contribution < 1.29 is 10.2 Å². The van der Waals surface area contributed by atoms with E-state index in [1.165, 1.54) is 89.5 Å². The molecule has 0 unspecified atom stereocenters. The van der Waals surface area contributed by atoms with Crippen molar-refractivity contribution in [2.75, 3.05) is 0 Å². The molecule has 0 heterocycles.